The summed E-state index contributed by atoms with van der Waals surface area (Å²) in [4.78, 5) is 11.0. The van der Waals surface area contributed by atoms with Gasteiger partial charge in [0, 0.05) is 6.92 Å². The van der Waals surface area contributed by atoms with Crippen LogP contribution in [0, 0.1) is 20.8 Å². The van der Waals surface area contributed by atoms with Crippen LogP contribution in [0.15, 0.2) is 12.1 Å². The molecule has 0 spiro atoms. The predicted molar refractivity (Wildman–Crippen MR) is 64.3 cm³/mol. The van der Waals surface area contributed by atoms with Crippen molar-refractivity contribution in [3.8, 4) is 0 Å². The molecule has 1 unspecified atom stereocenters. The fraction of sp³-hybridized carbons (Fsp3) is 0.462. The van der Waals surface area contributed by atoms with Gasteiger partial charge in [-0.05, 0) is 43.0 Å². The predicted octanol–water partition coefficient (Wildman–Crippen LogP) is 1.78. The topological polar surface area (TPSA) is 49.3 Å². The standard InChI is InChI=1S/C13H19NO2/c1-8-5-6-12(10(3)9(8)2)13(7-15)14-11(4)16/h5-6,13,15H,7H2,1-4H3,(H,14,16). The molecule has 2 N–H and O–H groups in total. The SMILES string of the molecule is CC(=O)NC(CO)c1ccc(C)c(C)c1C. The second kappa shape index (κ2) is 5.12. The Morgan fingerprint density at radius 3 is 2.44 bits per heavy atom. The molecule has 3 nitrogen and oxygen atoms in total. The van der Waals surface area contributed by atoms with Crippen LogP contribution in [0.25, 0.3) is 0 Å². The monoisotopic (exact) mass is 221 g/mol. The fourth-order valence-corrected chi connectivity index (χ4v) is 1.82. The molecule has 0 radical (unpaired) electrons. The zero-order valence-electron chi connectivity index (χ0n) is 10.3. The molecule has 0 fully saturated rings. The van der Waals surface area contributed by atoms with Crippen LogP contribution in [-0.2, 0) is 4.79 Å². The van der Waals surface area contributed by atoms with E-state index in [0.717, 1.165) is 11.1 Å². The van der Waals surface area contributed by atoms with Crippen LogP contribution in [0.3, 0.4) is 0 Å². The number of rotatable bonds is 3. The summed E-state index contributed by atoms with van der Waals surface area (Å²) < 4.78 is 0. The minimum Gasteiger partial charge on any atom is -0.394 e. The van der Waals surface area contributed by atoms with Gasteiger partial charge in [-0.15, -0.1) is 0 Å². The van der Waals surface area contributed by atoms with Gasteiger partial charge in [-0.1, -0.05) is 12.1 Å². The van der Waals surface area contributed by atoms with Crippen LogP contribution < -0.4 is 5.32 Å². The highest BCUT2D eigenvalue weighted by Gasteiger charge is 2.15. The van der Waals surface area contributed by atoms with E-state index in [1.165, 1.54) is 18.1 Å². The Labute approximate surface area is 96.5 Å². The Morgan fingerprint density at radius 1 is 1.31 bits per heavy atom. The normalized spacial score (nSPS) is 12.3. The molecule has 3 heteroatoms. The molecule has 0 aromatic heterocycles. The molecule has 1 aromatic rings. The molecule has 1 aromatic carbocycles. The lowest BCUT2D eigenvalue weighted by atomic mass is 9.94. The van der Waals surface area contributed by atoms with Gasteiger partial charge in [-0.25, -0.2) is 0 Å². The largest absolute Gasteiger partial charge is 0.394 e. The van der Waals surface area contributed by atoms with E-state index in [2.05, 4.69) is 19.2 Å². The maximum atomic E-state index is 11.0. The summed E-state index contributed by atoms with van der Waals surface area (Å²) in [5.41, 5.74) is 4.55. The lowest BCUT2D eigenvalue weighted by molar-refractivity contribution is -0.120. The second-order valence-electron chi connectivity index (χ2n) is 4.16. The van der Waals surface area contributed by atoms with Crippen LogP contribution >= 0.6 is 0 Å². The summed E-state index contributed by atoms with van der Waals surface area (Å²) in [5.74, 6) is -0.128. The molecule has 0 saturated heterocycles. The van der Waals surface area contributed by atoms with Gasteiger partial charge in [0.15, 0.2) is 0 Å². The molecule has 1 rings (SSSR count). The third-order valence-electron chi connectivity index (χ3n) is 3.04. The first-order valence-corrected chi connectivity index (χ1v) is 5.42. The van der Waals surface area contributed by atoms with E-state index in [-0.39, 0.29) is 18.6 Å². The van der Waals surface area contributed by atoms with Crippen molar-refractivity contribution < 1.29 is 9.90 Å². The van der Waals surface area contributed by atoms with Crippen LogP contribution in [0.1, 0.15) is 35.2 Å². The maximum Gasteiger partial charge on any atom is 0.217 e. The number of aliphatic hydroxyl groups is 1. The van der Waals surface area contributed by atoms with Gasteiger partial charge in [-0.3, -0.25) is 4.79 Å². The van der Waals surface area contributed by atoms with Gasteiger partial charge in [0.1, 0.15) is 0 Å². The molecule has 16 heavy (non-hydrogen) atoms. The number of carbonyl (C=O) groups is 1. The lowest BCUT2D eigenvalue weighted by Crippen LogP contribution is -2.29. The van der Waals surface area contributed by atoms with Crippen LogP contribution in [0.2, 0.25) is 0 Å². The summed E-state index contributed by atoms with van der Waals surface area (Å²) in [6, 6.07) is 3.67. The van der Waals surface area contributed by atoms with E-state index >= 15 is 0 Å². The summed E-state index contributed by atoms with van der Waals surface area (Å²) in [7, 11) is 0. The smallest absolute Gasteiger partial charge is 0.217 e. The van der Waals surface area contributed by atoms with Gasteiger partial charge in [0.05, 0.1) is 12.6 Å². The average molecular weight is 221 g/mol. The Morgan fingerprint density at radius 2 is 1.94 bits per heavy atom. The van der Waals surface area contributed by atoms with Crippen molar-refractivity contribution in [2.75, 3.05) is 6.61 Å². The van der Waals surface area contributed by atoms with Gasteiger partial charge >= 0.3 is 0 Å². The first-order chi connectivity index (χ1) is 7.47. The van der Waals surface area contributed by atoms with E-state index < -0.39 is 0 Å². The van der Waals surface area contributed by atoms with Crippen LogP contribution in [-0.4, -0.2) is 17.6 Å². The molecule has 0 bridgehead atoms. The first-order valence-electron chi connectivity index (χ1n) is 5.42. The molecule has 0 aliphatic heterocycles. The Hall–Kier alpha value is -1.35. The summed E-state index contributed by atoms with van der Waals surface area (Å²) in [6.45, 7) is 7.50. The molecular weight excluding hydrogens is 202 g/mol. The van der Waals surface area contributed by atoms with E-state index in [1.807, 2.05) is 19.1 Å². The minimum absolute atomic E-state index is 0.0804. The molecule has 88 valence electrons. The number of aryl methyl sites for hydroxylation is 1. The number of hydrogen-bond acceptors (Lipinski definition) is 2. The number of aliphatic hydroxyl groups excluding tert-OH is 1. The average Bonchev–Trinajstić information content (AvgIpc) is 2.23. The minimum atomic E-state index is -0.309. The Kier molecular flexibility index (Phi) is 4.07. The van der Waals surface area contributed by atoms with Gasteiger partial charge in [0.25, 0.3) is 0 Å². The third kappa shape index (κ3) is 2.61. The van der Waals surface area contributed by atoms with E-state index in [1.54, 1.807) is 0 Å². The zero-order chi connectivity index (χ0) is 12.3. The number of nitrogens with one attached hydrogen (secondary N) is 1. The molecule has 0 saturated carbocycles. The summed E-state index contributed by atoms with van der Waals surface area (Å²) in [6.07, 6.45) is 0. The van der Waals surface area contributed by atoms with Crippen molar-refractivity contribution in [1.82, 2.24) is 5.32 Å². The third-order valence-corrected chi connectivity index (χ3v) is 3.04. The van der Waals surface area contributed by atoms with Crippen molar-refractivity contribution in [3.05, 3.63) is 34.4 Å². The molecule has 1 atom stereocenters. The first kappa shape index (κ1) is 12.7. The number of carbonyl (C=O) groups excluding carboxylic acids is 1. The molecule has 0 aliphatic rings. The van der Waals surface area contributed by atoms with E-state index in [0.29, 0.717) is 0 Å². The number of hydrogen-bond donors (Lipinski definition) is 2. The van der Waals surface area contributed by atoms with Crippen molar-refractivity contribution in [2.24, 2.45) is 0 Å². The van der Waals surface area contributed by atoms with Gasteiger partial charge in [0.2, 0.25) is 5.91 Å². The molecule has 1 amide bonds. The van der Waals surface area contributed by atoms with Crippen LogP contribution in [0.5, 0.6) is 0 Å². The van der Waals surface area contributed by atoms with Gasteiger partial charge < -0.3 is 10.4 Å². The number of benzene rings is 1. The van der Waals surface area contributed by atoms with Crippen LogP contribution in [0.4, 0.5) is 0 Å². The summed E-state index contributed by atoms with van der Waals surface area (Å²) in [5, 5.41) is 12.0. The highest BCUT2D eigenvalue weighted by atomic mass is 16.3. The van der Waals surface area contributed by atoms with Crippen molar-refractivity contribution in [1.29, 1.82) is 0 Å². The zero-order valence-corrected chi connectivity index (χ0v) is 10.3. The van der Waals surface area contributed by atoms with E-state index in [4.69, 9.17) is 0 Å². The highest BCUT2D eigenvalue weighted by molar-refractivity contribution is 5.73. The molecular formula is C13H19NO2. The Bertz CT molecular complexity index is 399. The molecule has 0 heterocycles. The highest BCUT2D eigenvalue weighted by Crippen LogP contribution is 2.22. The second-order valence-corrected chi connectivity index (χ2v) is 4.16. The lowest BCUT2D eigenvalue weighted by Gasteiger charge is -2.20. The van der Waals surface area contributed by atoms with Crippen molar-refractivity contribution >= 4 is 5.91 Å². The van der Waals surface area contributed by atoms with Gasteiger partial charge in [-0.2, -0.15) is 0 Å². The van der Waals surface area contributed by atoms with Crippen molar-refractivity contribution in [2.45, 2.75) is 33.7 Å². The maximum absolute atomic E-state index is 11.0. The molecule has 0 aliphatic carbocycles. The summed E-state index contributed by atoms with van der Waals surface area (Å²) >= 11 is 0. The quantitative estimate of drug-likeness (QED) is 0.817. The Balaban J connectivity index is 3.11. The van der Waals surface area contributed by atoms with E-state index in [9.17, 15) is 9.90 Å². The fourth-order valence-electron chi connectivity index (χ4n) is 1.82. The van der Waals surface area contributed by atoms with Crippen molar-refractivity contribution in [3.63, 3.8) is 0 Å². The number of amides is 1.